The van der Waals surface area contributed by atoms with E-state index in [9.17, 15) is 8.78 Å². The number of fused-ring (bicyclic) bond motifs is 1. The van der Waals surface area contributed by atoms with E-state index in [0.29, 0.717) is 5.56 Å². The molecule has 2 nitrogen and oxygen atoms in total. The van der Waals surface area contributed by atoms with Gasteiger partial charge >= 0.3 is 0 Å². The average Bonchev–Trinajstić information content (AvgIpc) is 2.50. The van der Waals surface area contributed by atoms with Crippen molar-refractivity contribution in [2.24, 2.45) is 5.84 Å². The Balaban J connectivity index is 2.14. The van der Waals surface area contributed by atoms with Crippen LogP contribution >= 0.6 is 0 Å². The second-order valence-corrected chi connectivity index (χ2v) is 4.84. The molecular weight excluding hydrogens is 270 g/mol. The van der Waals surface area contributed by atoms with Crippen molar-refractivity contribution >= 4 is 10.8 Å². The molecule has 0 aliphatic heterocycles. The van der Waals surface area contributed by atoms with Gasteiger partial charge in [-0.2, -0.15) is 0 Å². The Labute approximate surface area is 121 Å². The topological polar surface area (TPSA) is 38.0 Å². The average molecular weight is 284 g/mol. The van der Waals surface area contributed by atoms with E-state index in [4.69, 9.17) is 5.84 Å². The third-order valence-corrected chi connectivity index (χ3v) is 3.56. The fourth-order valence-electron chi connectivity index (χ4n) is 2.52. The van der Waals surface area contributed by atoms with Gasteiger partial charge in [-0.3, -0.25) is 5.84 Å². The van der Waals surface area contributed by atoms with Gasteiger partial charge < -0.3 is 0 Å². The van der Waals surface area contributed by atoms with Crippen LogP contribution in [0.15, 0.2) is 60.7 Å². The number of nitrogens with two attached hydrogens (primary N) is 1. The van der Waals surface area contributed by atoms with E-state index in [1.807, 2.05) is 42.5 Å². The lowest BCUT2D eigenvalue weighted by atomic mass is 9.96. The van der Waals surface area contributed by atoms with E-state index in [-0.39, 0.29) is 5.56 Å². The summed E-state index contributed by atoms with van der Waals surface area (Å²) in [6, 6.07) is 16.4. The molecule has 0 saturated carbocycles. The highest BCUT2D eigenvalue weighted by Gasteiger charge is 2.20. The first-order valence-electron chi connectivity index (χ1n) is 6.59. The first-order valence-corrected chi connectivity index (χ1v) is 6.59. The summed E-state index contributed by atoms with van der Waals surface area (Å²) < 4.78 is 27.9. The van der Waals surface area contributed by atoms with Crippen LogP contribution in [0.1, 0.15) is 17.2 Å². The quantitative estimate of drug-likeness (QED) is 0.569. The zero-order valence-corrected chi connectivity index (χ0v) is 11.2. The largest absolute Gasteiger partial charge is 0.271 e. The maximum Gasteiger partial charge on any atom is 0.131 e. The van der Waals surface area contributed by atoms with Gasteiger partial charge in [0.05, 0.1) is 6.04 Å². The second-order valence-electron chi connectivity index (χ2n) is 4.84. The normalized spacial score (nSPS) is 12.5. The molecule has 1 unspecified atom stereocenters. The molecule has 3 aromatic carbocycles. The Kier molecular flexibility index (Phi) is 3.64. The van der Waals surface area contributed by atoms with Crippen molar-refractivity contribution in [1.29, 1.82) is 0 Å². The maximum absolute atomic E-state index is 14.0. The number of hydrazine groups is 1. The lowest BCUT2D eigenvalue weighted by Gasteiger charge is -2.18. The summed E-state index contributed by atoms with van der Waals surface area (Å²) in [4.78, 5) is 0. The molecule has 4 heteroatoms. The standard InChI is InChI=1S/C17H14F2N2/c18-14-6-3-7-15(19)16(14)17(21-20)13-9-8-11-4-1-2-5-12(11)10-13/h1-10,17,21H,20H2. The van der Waals surface area contributed by atoms with Crippen LogP contribution in [-0.4, -0.2) is 0 Å². The summed E-state index contributed by atoms with van der Waals surface area (Å²) in [7, 11) is 0. The zero-order valence-electron chi connectivity index (χ0n) is 11.2. The van der Waals surface area contributed by atoms with Gasteiger partial charge in [0.2, 0.25) is 0 Å². The van der Waals surface area contributed by atoms with Crippen molar-refractivity contribution < 1.29 is 8.78 Å². The van der Waals surface area contributed by atoms with E-state index < -0.39 is 17.7 Å². The van der Waals surface area contributed by atoms with Crippen molar-refractivity contribution in [2.75, 3.05) is 0 Å². The molecule has 1 atom stereocenters. The monoisotopic (exact) mass is 284 g/mol. The summed E-state index contributed by atoms with van der Waals surface area (Å²) in [6.45, 7) is 0. The molecule has 3 rings (SSSR count). The van der Waals surface area contributed by atoms with Crippen LogP contribution in [-0.2, 0) is 0 Å². The summed E-state index contributed by atoms with van der Waals surface area (Å²) in [6.07, 6.45) is 0. The lowest BCUT2D eigenvalue weighted by Crippen LogP contribution is -2.30. The molecular formula is C17H14F2N2. The molecule has 21 heavy (non-hydrogen) atoms. The van der Waals surface area contributed by atoms with Crippen molar-refractivity contribution in [1.82, 2.24) is 5.43 Å². The van der Waals surface area contributed by atoms with Crippen molar-refractivity contribution in [2.45, 2.75) is 6.04 Å². The molecule has 3 aromatic rings. The summed E-state index contributed by atoms with van der Waals surface area (Å²) in [5.41, 5.74) is 3.14. The number of hydrogen-bond acceptors (Lipinski definition) is 2. The van der Waals surface area contributed by atoms with Crippen LogP contribution in [0.5, 0.6) is 0 Å². The number of rotatable bonds is 3. The Hall–Kier alpha value is -2.30. The van der Waals surface area contributed by atoms with Gasteiger partial charge in [-0.1, -0.05) is 42.5 Å². The van der Waals surface area contributed by atoms with Crippen molar-refractivity contribution in [3.05, 3.63) is 83.4 Å². The van der Waals surface area contributed by atoms with Gasteiger partial charge in [0.25, 0.3) is 0 Å². The number of halogens is 2. The molecule has 0 spiro atoms. The maximum atomic E-state index is 14.0. The van der Waals surface area contributed by atoms with Crippen LogP contribution in [0.4, 0.5) is 8.78 Å². The molecule has 0 radical (unpaired) electrons. The highest BCUT2D eigenvalue weighted by molar-refractivity contribution is 5.83. The summed E-state index contributed by atoms with van der Waals surface area (Å²) >= 11 is 0. The van der Waals surface area contributed by atoms with Crippen LogP contribution < -0.4 is 11.3 Å². The minimum Gasteiger partial charge on any atom is -0.271 e. The molecule has 0 heterocycles. The Morgan fingerprint density at radius 3 is 2.14 bits per heavy atom. The number of benzene rings is 3. The minimum atomic E-state index is -0.740. The van der Waals surface area contributed by atoms with Gasteiger partial charge in [-0.15, -0.1) is 0 Å². The van der Waals surface area contributed by atoms with Crippen LogP contribution in [0, 0.1) is 11.6 Å². The van der Waals surface area contributed by atoms with Gasteiger partial charge in [-0.25, -0.2) is 14.2 Å². The number of hydrogen-bond donors (Lipinski definition) is 2. The van der Waals surface area contributed by atoms with Crippen LogP contribution in [0.2, 0.25) is 0 Å². The predicted molar refractivity (Wildman–Crippen MR) is 79.5 cm³/mol. The first kappa shape index (κ1) is 13.7. The van der Waals surface area contributed by atoms with E-state index >= 15 is 0 Å². The lowest BCUT2D eigenvalue weighted by molar-refractivity contribution is 0.511. The molecule has 0 aromatic heterocycles. The SMILES string of the molecule is NNC(c1ccc2ccccc2c1)c1c(F)cccc1F. The predicted octanol–water partition coefficient (Wildman–Crippen LogP) is 3.67. The van der Waals surface area contributed by atoms with E-state index in [1.54, 1.807) is 0 Å². The Morgan fingerprint density at radius 2 is 1.48 bits per heavy atom. The fraction of sp³-hybridized carbons (Fsp3) is 0.0588. The Bertz CT molecular complexity index is 766. The van der Waals surface area contributed by atoms with E-state index in [2.05, 4.69) is 5.43 Å². The highest BCUT2D eigenvalue weighted by atomic mass is 19.1. The zero-order chi connectivity index (χ0) is 14.8. The number of nitrogens with one attached hydrogen (secondary N) is 1. The summed E-state index contributed by atoms with van der Waals surface area (Å²) in [5.74, 6) is 4.30. The van der Waals surface area contributed by atoms with Crippen LogP contribution in [0.3, 0.4) is 0 Å². The molecule has 106 valence electrons. The van der Waals surface area contributed by atoms with E-state index in [0.717, 1.165) is 10.8 Å². The molecule has 0 fully saturated rings. The minimum absolute atomic E-state index is 0.0738. The Morgan fingerprint density at radius 1 is 0.810 bits per heavy atom. The van der Waals surface area contributed by atoms with E-state index in [1.165, 1.54) is 18.2 Å². The van der Waals surface area contributed by atoms with Gasteiger partial charge in [0.15, 0.2) is 0 Å². The molecule has 0 aliphatic rings. The molecule has 0 saturated heterocycles. The van der Waals surface area contributed by atoms with Crippen molar-refractivity contribution in [3.63, 3.8) is 0 Å². The van der Waals surface area contributed by atoms with Gasteiger partial charge in [0.1, 0.15) is 11.6 Å². The second kappa shape index (κ2) is 5.60. The molecule has 0 amide bonds. The molecule has 0 aliphatic carbocycles. The third-order valence-electron chi connectivity index (χ3n) is 3.56. The van der Waals surface area contributed by atoms with Crippen molar-refractivity contribution in [3.8, 4) is 0 Å². The molecule has 3 N–H and O–H groups in total. The fourth-order valence-corrected chi connectivity index (χ4v) is 2.52. The van der Waals surface area contributed by atoms with Crippen LogP contribution in [0.25, 0.3) is 10.8 Å². The van der Waals surface area contributed by atoms with Gasteiger partial charge in [0, 0.05) is 5.56 Å². The first-order chi connectivity index (χ1) is 10.2. The molecule has 0 bridgehead atoms. The van der Waals surface area contributed by atoms with Gasteiger partial charge in [-0.05, 0) is 34.5 Å². The highest BCUT2D eigenvalue weighted by Crippen LogP contribution is 2.28. The summed E-state index contributed by atoms with van der Waals surface area (Å²) in [5, 5.41) is 2.05. The third kappa shape index (κ3) is 2.51. The smallest absolute Gasteiger partial charge is 0.131 e.